The lowest BCUT2D eigenvalue weighted by molar-refractivity contribution is -0.0324. The molecule has 0 N–H and O–H groups in total. The number of imide groups is 1. The summed E-state index contributed by atoms with van der Waals surface area (Å²) in [5, 5.41) is 0.634. The molecule has 2 amide bonds. The predicted molar refractivity (Wildman–Crippen MR) is 59.3 cm³/mol. The molecular formula is C13H7NO3. The van der Waals surface area contributed by atoms with Crippen LogP contribution in [0.5, 0.6) is 0 Å². The van der Waals surface area contributed by atoms with E-state index in [2.05, 4.69) is 23.9 Å². The highest BCUT2D eigenvalue weighted by atomic mass is 16.7. The maximum atomic E-state index is 11.7. The van der Waals surface area contributed by atoms with Gasteiger partial charge in [0.2, 0.25) is 0 Å². The number of benzene rings is 1. The van der Waals surface area contributed by atoms with Gasteiger partial charge in [0.05, 0.1) is 11.1 Å². The van der Waals surface area contributed by atoms with E-state index < -0.39 is 11.8 Å². The zero-order valence-electron chi connectivity index (χ0n) is 8.98. The zero-order valence-corrected chi connectivity index (χ0v) is 8.98. The molecule has 0 fully saturated rings. The van der Waals surface area contributed by atoms with Gasteiger partial charge in [0.15, 0.2) is 6.11 Å². The normalized spacial score (nSPS) is 12.2. The van der Waals surface area contributed by atoms with E-state index in [9.17, 15) is 9.59 Å². The van der Waals surface area contributed by atoms with Gasteiger partial charge in [0.1, 0.15) is 0 Å². The van der Waals surface area contributed by atoms with E-state index in [4.69, 9.17) is 4.84 Å². The van der Waals surface area contributed by atoms with Crippen molar-refractivity contribution in [3.8, 4) is 23.9 Å². The Morgan fingerprint density at radius 3 is 2.18 bits per heavy atom. The maximum absolute atomic E-state index is 11.7. The van der Waals surface area contributed by atoms with Gasteiger partial charge in [-0.15, -0.1) is 0 Å². The van der Waals surface area contributed by atoms with Gasteiger partial charge in [0, 0.05) is 5.92 Å². The van der Waals surface area contributed by atoms with Crippen LogP contribution in [0, 0.1) is 23.9 Å². The van der Waals surface area contributed by atoms with Gasteiger partial charge in [-0.3, -0.25) is 9.59 Å². The van der Waals surface area contributed by atoms with Crippen molar-refractivity contribution in [2.24, 2.45) is 0 Å². The van der Waals surface area contributed by atoms with Crippen LogP contribution in [0.3, 0.4) is 0 Å². The van der Waals surface area contributed by atoms with E-state index in [1.165, 1.54) is 0 Å². The topological polar surface area (TPSA) is 46.6 Å². The second-order valence-corrected chi connectivity index (χ2v) is 3.14. The van der Waals surface area contributed by atoms with Gasteiger partial charge in [0.25, 0.3) is 11.8 Å². The lowest BCUT2D eigenvalue weighted by Gasteiger charge is -2.06. The Balaban J connectivity index is 2.24. The molecule has 0 unspecified atom stereocenters. The molecule has 4 heteroatoms. The number of carbonyl (C=O) groups is 2. The summed E-state index contributed by atoms with van der Waals surface area (Å²) >= 11 is 0. The van der Waals surface area contributed by atoms with Gasteiger partial charge < -0.3 is 4.84 Å². The molecule has 1 aliphatic heterocycles. The Labute approximate surface area is 98.1 Å². The van der Waals surface area contributed by atoms with Crippen molar-refractivity contribution < 1.29 is 14.4 Å². The molecule has 0 aromatic heterocycles. The first kappa shape index (κ1) is 10.8. The summed E-state index contributed by atoms with van der Waals surface area (Å²) in [6.07, 6.45) is 2.18. The average molecular weight is 225 g/mol. The molecule has 0 atom stereocenters. The zero-order chi connectivity index (χ0) is 12.3. The van der Waals surface area contributed by atoms with Crippen molar-refractivity contribution in [3.05, 3.63) is 35.4 Å². The van der Waals surface area contributed by atoms with Crippen LogP contribution in [0.25, 0.3) is 0 Å². The fraction of sp³-hybridized carbons (Fsp3) is 0.0769. The Bertz CT molecular complexity index is 576. The third-order valence-electron chi connectivity index (χ3n) is 2.13. The highest BCUT2D eigenvalue weighted by Gasteiger charge is 2.37. The van der Waals surface area contributed by atoms with Crippen molar-refractivity contribution in [2.45, 2.75) is 6.92 Å². The van der Waals surface area contributed by atoms with Crippen molar-refractivity contribution in [1.82, 2.24) is 5.06 Å². The van der Waals surface area contributed by atoms with Crippen LogP contribution in [-0.2, 0) is 4.84 Å². The smallest absolute Gasteiger partial charge is 0.296 e. The summed E-state index contributed by atoms with van der Waals surface area (Å²) in [5.41, 5.74) is 0.641. The summed E-state index contributed by atoms with van der Waals surface area (Å²) in [4.78, 5) is 28.3. The van der Waals surface area contributed by atoms with Crippen molar-refractivity contribution >= 4 is 11.8 Å². The van der Waals surface area contributed by atoms with Crippen LogP contribution in [0.2, 0.25) is 0 Å². The second-order valence-electron chi connectivity index (χ2n) is 3.14. The molecule has 0 saturated carbocycles. The van der Waals surface area contributed by atoms with Crippen LogP contribution in [0.4, 0.5) is 0 Å². The van der Waals surface area contributed by atoms with E-state index in [1.54, 1.807) is 31.2 Å². The highest BCUT2D eigenvalue weighted by Crippen LogP contribution is 2.22. The molecule has 0 aliphatic carbocycles. The first-order valence-electron chi connectivity index (χ1n) is 4.82. The third-order valence-corrected chi connectivity index (χ3v) is 2.13. The van der Waals surface area contributed by atoms with Gasteiger partial charge in [-0.1, -0.05) is 23.1 Å². The van der Waals surface area contributed by atoms with Crippen LogP contribution in [0.1, 0.15) is 27.6 Å². The monoisotopic (exact) mass is 225 g/mol. The van der Waals surface area contributed by atoms with E-state index in [1.807, 2.05) is 0 Å². The molecular weight excluding hydrogens is 218 g/mol. The summed E-state index contributed by atoms with van der Waals surface area (Å²) in [6, 6.07) is 6.50. The lowest BCUT2D eigenvalue weighted by atomic mass is 10.1. The van der Waals surface area contributed by atoms with Gasteiger partial charge in [-0.25, -0.2) is 0 Å². The quantitative estimate of drug-likeness (QED) is 0.533. The Kier molecular flexibility index (Phi) is 2.81. The molecule has 1 aliphatic rings. The van der Waals surface area contributed by atoms with Crippen LogP contribution >= 0.6 is 0 Å². The third kappa shape index (κ3) is 1.84. The number of rotatable bonds is 1. The summed E-state index contributed by atoms with van der Waals surface area (Å²) in [5.74, 6) is 6.31. The van der Waals surface area contributed by atoms with E-state index in [-0.39, 0.29) is 0 Å². The molecule has 1 aromatic rings. The van der Waals surface area contributed by atoms with Crippen molar-refractivity contribution in [1.29, 1.82) is 0 Å². The van der Waals surface area contributed by atoms with E-state index in [0.29, 0.717) is 16.2 Å². The molecule has 1 aromatic carbocycles. The molecule has 0 bridgehead atoms. The Hall–Kier alpha value is -2.72. The summed E-state index contributed by atoms with van der Waals surface area (Å²) in [7, 11) is 0. The minimum absolute atomic E-state index is 0.320. The summed E-state index contributed by atoms with van der Waals surface area (Å²) in [6.45, 7) is 1.62. The highest BCUT2D eigenvalue weighted by molar-refractivity contribution is 6.20. The standard InChI is InChI=1S/C13H7NO3/c1-2-3-6-9-17-14-12(15)10-7-4-5-8-11(10)13(14)16/h4-5,7-8H,1H3. The van der Waals surface area contributed by atoms with Gasteiger partial charge in [-0.05, 0) is 25.0 Å². The Morgan fingerprint density at radius 2 is 1.65 bits per heavy atom. The van der Waals surface area contributed by atoms with Crippen molar-refractivity contribution in [2.75, 3.05) is 0 Å². The average Bonchev–Trinajstić information content (AvgIpc) is 2.60. The molecule has 2 rings (SSSR count). The summed E-state index contributed by atoms with van der Waals surface area (Å²) < 4.78 is 0. The molecule has 17 heavy (non-hydrogen) atoms. The first-order chi connectivity index (χ1) is 8.25. The number of hydrogen-bond acceptors (Lipinski definition) is 3. The molecule has 82 valence electrons. The van der Waals surface area contributed by atoms with E-state index in [0.717, 1.165) is 0 Å². The molecule has 0 spiro atoms. The second kappa shape index (κ2) is 4.42. The van der Waals surface area contributed by atoms with E-state index >= 15 is 0 Å². The molecule has 1 heterocycles. The maximum Gasteiger partial charge on any atom is 0.296 e. The SMILES string of the molecule is CC#CC#CON1C(=O)c2ccccc2C1=O. The van der Waals surface area contributed by atoms with Gasteiger partial charge in [-0.2, -0.15) is 0 Å². The van der Waals surface area contributed by atoms with Crippen LogP contribution in [0.15, 0.2) is 24.3 Å². The minimum atomic E-state index is -0.510. The van der Waals surface area contributed by atoms with Crippen LogP contribution < -0.4 is 0 Å². The number of carbonyl (C=O) groups excluding carboxylic acids is 2. The number of fused-ring (bicyclic) bond motifs is 1. The molecule has 4 nitrogen and oxygen atoms in total. The predicted octanol–water partition coefficient (Wildman–Crippen LogP) is 1.20. The number of hydrogen-bond donors (Lipinski definition) is 0. The lowest BCUT2D eigenvalue weighted by Crippen LogP contribution is -2.28. The molecule has 0 saturated heterocycles. The minimum Gasteiger partial charge on any atom is -0.314 e. The van der Waals surface area contributed by atoms with Gasteiger partial charge >= 0.3 is 0 Å². The number of amides is 2. The Morgan fingerprint density at radius 1 is 1.06 bits per heavy atom. The van der Waals surface area contributed by atoms with Crippen molar-refractivity contribution in [3.63, 3.8) is 0 Å². The largest absolute Gasteiger partial charge is 0.314 e. The first-order valence-corrected chi connectivity index (χ1v) is 4.82. The fourth-order valence-corrected chi connectivity index (χ4v) is 1.41. The molecule has 0 radical (unpaired) electrons. The number of nitrogens with zero attached hydrogens (tertiary/aromatic N) is 1. The van der Waals surface area contributed by atoms with Crippen LogP contribution in [-0.4, -0.2) is 16.9 Å². The number of hydroxylamine groups is 2. The fourth-order valence-electron chi connectivity index (χ4n) is 1.41.